The molecular formula is C26H26ClF3N2OS. The van der Waals surface area contributed by atoms with Crippen LogP contribution in [0.3, 0.4) is 0 Å². The molecule has 0 heterocycles. The molecule has 0 aliphatic rings. The highest BCUT2D eigenvalue weighted by molar-refractivity contribution is 7.84. The predicted octanol–water partition coefficient (Wildman–Crippen LogP) is 6.90. The van der Waals surface area contributed by atoms with Gasteiger partial charge < -0.3 is 0 Å². The van der Waals surface area contributed by atoms with Crippen molar-refractivity contribution in [2.24, 2.45) is 4.99 Å². The van der Waals surface area contributed by atoms with E-state index >= 15 is 0 Å². The summed E-state index contributed by atoms with van der Waals surface area (Å²) < 4.78 is 57.5. The van der Waals surface area contributed by atoms with Gasteiger partial charge in [0.05, 0.1) is 21.4 Å². The van der Waals surface area contributed by atoms with E-state index in [2.05, 4.69) is 9.71 Å². The molecule has 0 saturated heterocycles. The first-order valence-corrected chi connectivity index (χ1v) is 12.2. The topological polar surface area (TPSA) is 41.5 Å². The maximum absolute atomic E-state index is 14.4. The van der Waals surface area contributed by atoms with Crippen molar-refractivity contribution in [1.29, 1.82) is 0 Å². The van der Waals surface area contributed by atoms with Gasteiger partial charge in [0.15, 0.2) is 0 Å². The third-order valence-electron chi connectivity index (χ3n) is 5.03. The summed E-state index contributed by atoms with van der Waals surface area (Å²) in [5.74, 6) is 0. The number of halogens is 4. The van der Waals surface area contributed by atoms with Crippen LogP contribution in [0, 0.1) is 0 Å². The van der Waals surface area contributed by atoms with Crippen LogP contribution in [0.5, 0.6) is 0 Å². The summed E-state index contributed by atoms with van der Waals surface area (Å²) in [5, 5.41) is 0.396. The molecule has 0 aromatic heterocycles. The summed E-state index contributed by atoms with van der Waals surface area (Å²) in [4.78, 5) is 4.68. The third-order valence-corrected chi connectivity index (χ3v) is 6.87. The van der Waals surface area contributed by atoms with Gasteiger partial charge in [-0.1, -0.05) is 84.4 Å². The highest BCUT2D eigenvalue weighted by Gasteiger charge is 2.47. The second-order valence-electron chi connectivity index (χ2n) is 8.72. The first kappa shape index (κ1) is 26.1. The molecule has 180 valence electrons. The Morgan fingerprint density at radius 2 is 1.32 bits per heavy atom. The lowest BCUT2D eigenvalue weighted by Gasteiger charge is -2.31. The van der Waals surface area contributed by atoms with Gasteiger partial charge in [0.25, 0.3) is 0 Å². The van der Waals surface area contributed by atoms with Gasteiger partial charge in [0.2, 0.25) is 0 Å². The van der Waals surface area contributed by atoms with Crippen molar-refractivity contribution in [3.8, 4) is 0 Å². The fourth-order valence-electron chi connectivity index (χ4n) is 3.25. The van der Waals surface area contributed by atoms with Crippen molar-refractivity contribution in [3.05, 3.63) is 107 Å². The summed E-state index contributed by atoms with van der Waals surface area (Å²) >= 11 is 6.01. The number of alkyl halides is 3. The highest BCUT2D eigenvalue weighted by Crippen LogP contribution is 2.35. The quantitative estimate of drug-likeness (QED) is 0.348. The lowest BCUT2D eigenvalue weighted by molar-refractivity contribution is -0.155. The lowest BCUT2D eigenvalue weighted by atomic mass is 9.97. The largest absolute Gasteiger partial charge is 0.407 e. The van der Waals surface area contributed by atoms with Crippen LogP contribution >= 0.6 is 11.6 Å². The fourth-order valence-corrected chi connectivity index (χ4v) is 4.22. The Labute approximate surface area is 205 Å². The van der Waals surface area contributed by atoms with E-state index in [1.165, 1.54) is 24.3 Å². The summed E-state index contributed by atoms with van der Waals surface area (Å²) in [6.45, 7) is 4.84. The Balaban J connectivity index is 2.23. The standard InChI is InChI=1S/C26H26ClF3N2OS/c1-25(2,3)34(33)32-24(26(28,29)30)23(20-14-16-21(27)17-15-20)31-22(18-10-6-4-7-11-18)19-12-8-5-9-13-19/h4-17,23-24,32H,1-3H3/t23-,24+,34?/m1/s1. The minimum absolute atomic E-state index is 0.300. The molecular weight excluding hydrogens is 481 g/mol. The van der Waals surface area contributed by atoms with Gasteiger partial charge in [-0.3, -0.25) is 4.99 Å². The van der Waals surface area contributed by atoms with Crippen LogP contribution in [-0.4, -0.2) is 26.9 Å². The maximum atomic E-state index is 14.4. The smallest absolute Gasteiger partial charge is 0.274 e. The first-order chi connectivity index (χ1) is 16.0. The fraction of sp³-hybridized carbons (Fsp3) is 0.269. The molecule has 0 bridgehead atoms. The molecule has 8 heteroatoms. The van der Waals surface area contributed by atoms with Gasteiger partial charge in [-0.15, -0.1) is 0 Å². The Hall–Kier alpha value is -2.48. The van der Waals surface area contributed by atoms with Crippen LogP contribution in [-0.2, 0) is 11.0 Å². The molecule has 0 radical (unpaired) electrons. The average Bonchev–Trinajstić information content (AvgIpc) is 2.79. The molecule has 0 amide bonds. The molecule has 3 atom stereocenters. The Kier molecular flexibility index (Phi) is 8.34. The minimum atomic E-state index is -4.73. The van der Waals surface area contributed by atoms with Crippen LogP contribution in [0.1, 0.15) is 43.5 Å². The normalized spacial score (nSPS) is 14.8. The molecule has 0 spiro atoms. The van der Waals surface area contributed by atoms with Gasteiger partial charge in [-0.25, -0.2) is 8.93 Å². The Bertz CT molecular complexity index is 1090. The summed E-state index contributed by atoms with van der Waals surface area (Å²) in [6.07, 6.45) is -4.73. The lowest BCUT2D eigenvalue weighted by Crippen LogP contribution is -2.50. The van der Waals surface area contributed by atoms with E-state index in [9.17, 15) is 17.4 Å². The number of aliphatic imine (C=N–C) groups is 1. The van der Waals surface area contributed by atoms with E-state index in [1.807, 2.05) is 12.1 Å². The number of hydrogen-bond acceptors (Lipinski definition) is 2. The van der Waals surface area contributed by atoms with Crippen molar-refractivity contribution in [2.75, 3.05) is 0 Å². The van der Waals surface area contributed by atoms with Gasteiger partial charge in [0.1, 0.15) is 12.1 Å². The van der Waals surface area contributed by atoms with Crippen molar-refractivity contribution in [2.45, 2.75) is 43.8 Å². The third kappa shape index (κ3) is 6.78. The zero-order valence-corrected chi connectivity index (χ0v) is 20.6. The number of benzene rings is 3. The van der Waals surface area contributed by atoms with Crippen LogP contribution in [0.15, 0.2) is 89.9 Å². The summed E-state index contributed by atoms with van der Waals surface area (Å²) in [6, 6.07) is 20.5. The van der Waals surface area contributed by atoms with Crippen LogP contribution in [0.4, 0.5) is 13.2 Å². The van der Waals surface area contributed by atoms with E-state index in [0.717, 1.165) is 0 Å². The SMILES string of the molecule is CC(C)(C)S(=O)N[C@@H]([C@H](N=C(c1ccccc1)c1ccccc1)c1ccc(Cl)cc1)C(F)(F)F. The number of rotatable bonds is 7. The van der Waals surface area contributed by atoms with Gasteiger partial charge in [-0.2, -0.15) is 13.2 Å². The molecule has 3 aromatic carbocycles. The number of nitrogens with zero attached hydrogens (tertiary/aromatic N) is 1. The molecule has 0 aliphatic carbocycles. The highest BCUT2D eigenvalue weighted by atomic mass is 35.5. The van der Waals surface area contributed by atoms with Gasteiger partial charge in [-0.05, 0) is 38.5 Å². The van der Waals surface area contributed by atoms with E-state index < -0.39 is 34.0 Å². The van der Waals surface area contributed by atoms with E-state index in [4.69, 9.17) is 11.6 Å². The zero-order valence-electron chi connectivity index (χ0n) is 19.0. The van der Waals surface area contributed by atoms with Crippen molar-refractivity contribution >= 4 is 28.3 Å². The van der Waals surface area contributed by atoms with E-state index in [-0.39, 0.29) is 0 Å². The van der Waals surface area contributed by atoms with Crippen LogP contribution in [0.25, 0.3) is 0 Å². The minimum Gasteiger partial charge on any atom is -0.274 e. The van der Waals surface area contributed by atoms with Crippen LogP contribution < -0.4 is 4.72 Å². The van der Waals surface area contributed by atoms with Crippen molar-refractivity contribution in [1.82, 2.24) is 4.72 Å². The second-order valence-corrected chi connectivity index (χ2v) is 11.2. The molecule has 0 aliphatic heterocycles. The molecule has 3 rings (SSSR count). The Morgan fingerprint density at radius 1 is 0.853 bits per heavy atom. The monoisotopic (exact) mass is 506 g/mol. The first-order valence-electron chi connectivity index (χ1n) is 10.7. The van der Waals surface area contributed by atoms with Crippen LogP contribution in [0.2, 0.25) is 5.02 Å². The van der Waals surface area contributed by atoms with E-state index in [1.54, 1.807) is 69.3 Å². The average molecular weight is 507 g/mol. The number of hydrogen-bond donors (Lipinski definition) is 1. The van der Waals surface area contributed by atoms with Crippen molar-refractivity contribution in [3.63, 3.8) is 0 Å². The molecule has 34 heavy (non-hydrogen) atoms. The second kappa shape index (κ2) is 10.8. The van der Waals surface area contributed by atoms with Gasteiger partial charge >= 0.3 is 6.18 Å². The molecule has 3 nitrogen and oxygen atoms in total. The molecule has 0 fully saturated rings. The van der Waals surface area contributed by atoms with Crippen molar-refractivity contribution < 1.29 is 17.4 Å². The summed E-state index contributed by atoms with van der Waals surface area (Å²) in [7, 11) is -1.98. The van der Waals surface area contributed by atoms with Gasteiger partial charge in [0, 0.05) is 16.1 Å². The molecule has 1 unspecified atom stereocenters. The molecule has 1 N–H and O–H groups in total. The molecule has 0 saturated carbocycles. The zero-order chi connectivity index (χ0) is 24.9. The molecule has 3 aromatic rings. The predicted molar refractivity (Wildman–Crippen MR) is 134 cm³/mol. The van der Waals surface area contributed by atoms with E-state index in [0.29, 0.717) is 27.4 Å². The number of nitrogens with one attached hydrogen (secondary N) is 1. The maximum Gasteiger partial charge on any atom is 0.407 e. The summed E-state index contributed by atoms with van der Waals surface area (Å²) in [5.41, 5.74) is 2.05. The Morgan fingerprint density at radius 3 is 1.74 bits per heavy atom.